The summed E-state index contributed by atoms with van der Waals surface area (Å²) >= 11 is 0. The number of para-hydroxylation sites is 1. The predicted octanol–water partition coefficient (Wildman–Crippen LogP) is 4.31. The number of sulfonamides is 1. The summed E-state index contributed by atoms with van der Waals surface area (Å²) in [7, 11) is -2.36. The van der Waals surface area contributed by atoms with Crippen molar-refractivity contribution < 1.29 is 26.4 Å². The number of benzene rings is 3. The van der Waals surface area contributed by atoms with Crippen molar-refractivity contribution >= 4 is 21.6 Å². The monoisotopic (exact) mass is 472 g/mol. The Hall–Kier alpha value is -3.77. The van der Waals surface area contributed by atoms with Gasteiger partial charge in [0.05, 0.1) is 22.7 Å². The number of rotatable bonds is 5. The summed E-state index contributed by atoms with van der Waals surface area (Å²) in [6.07, 6.45) is -4.46. The van der Waals surface area contributed by atoms with E-state index in [0.717, 1.165) is 16.4 Å². The van der Waals surface area contributed by atoms with E-state index in [9.17, 15) is 26.4 Å². The van der Waals surface area contributed by atoms with Gasteiger partial charge in [-0.15, -0.1) is 0 Å². The Morgan fingerprint density at radius 2 is 1.64 bits per heavy atom. The quantitative estimate of drug-likeness (QED) is 0.563. The van der Waals surface area contributed by atoms with Crippen molar-refractivity contribution in [1.82, 2.24) is 5.32 Å². The zero-order valence-corrected chi connectivity index (χ0v) is 18.2. The predicted molar refractivity (Wildman–Crippen MR) is 119 cm³/mol. The lowest BCUT2D eigenvalue weighted by Gasteiger charge is -2.19. The van der Waals surface area contributed by atoms with Crippen molar-refractivity contribution in [3.05, 3.63) is 95.6 Å². The molecule has 0 aliphatic rings. The molecule has 3 rings (SSSR count). The summed E-state index contributed by atoms with van der Waals surface area (Å²) in [6, 6.07) is 18.6. The second-order valence-electron chi connectivity index (χ2n) is 6.90. The molecule has 0 heterocycles. The highest BCUT2D eigenvalue weighted by Gasteiger charge is 2.30. The normalized spacial score (nSPS) is 11.3. The van der Waals surface area contributed by atoms with Gasteiger partial charge in [0.25, 0.3) is 15.9 Å². The van der Waals surface area contributed by atoms with Gasteiger partial charge < -0.3 is 5.32 Å². The number of amides is 1. The van der Waals surface area contributed by atoms with Crippen molar-refractivity contribution in [2.24, 2.45) is 0 Å². The van der Waals surface area contributed by atoms with E-state index in [1.807, 2.05) is 0 Å². The largest absolute Gasteiger partial charge is 0.416 e. The minimum Gasteiger partial charge on any atom is -0.341 e. The molecule has 1 amide bonds. The molecule has 3 aromatic rings. The first-order chi connectivity index (χ1) is 15.6. The highest BCUT2D eigenvalue weighted by molar-refractivity contribution is 7.92. The number of halogens is 3. The number of nitrogens with zero attached hydrogens (tertiary/aromatic N) is 1. The summed E-state index contributed by atoms with van der Waals surface area (Å²) in [6.45, 7) is -0.0914. The van der Waals surface area contributed by atoms with E-state index < -0.39 is 27.7 Å². The summed E-state index contributed by atoms with van der Waals surface area (Å²) in [5.41, 5.74) is 0.0957. The molecule has 5 nitrogen and oxygen atoms in total. The zero-order valence-electron chi connectivity index (χ0n) is 17.4. The maximum absolute atomic E-state index is 12.8. The number of hydrogen-bond acceptors (Lipinski definition) is 3. The number of nitrogens with one attached hydrogen (secondary N) is 1. The lowest BCUT2D eigenvalue weighted by molar-refractivity contribution is -0.137. The molecule has 0 radical (unpaired) electrons. The van der Waals surface area contributed by atoms with E-state index >= 15 is 0 Å². The van der Waals surface area contributed by atoms with Crippen molar-refractivity contribution in [2.75, 3.05) is 17.9 Å². The third-order valence-corrected chi connectivity index (χ3v) is 6.45. The van der Waals surface area contributed by atoms with Crippen LogP contribution in [0.1, 0.15) is 21.5 Å². The van der Waals surface area contributed by atoms with E-state index in [1.165, 1.54) is 43.4 Å². The van der Waals surface area contributed by atoms with Gasteiger partial charge in [0.1, 0.15) is 0 Å². The number of hydrogen-bond donors (Lipinski definition) is 1. The van der Waals surface area contributed by atoms with Crippen LogP contribution in [0.2, 0.25) is 0 Å². The van der Waals surface area contributed by atoms with Crippen molar-refractivity contribution in [1.29, 1.82) is 0 Å². The third kappa shape index (κ3) is 5.93. The molecule has 0 spiro atoms. The molecule has 0 unspecified atom stereocenters. The third-order valence-electron chi connectivity index (χ3n) is 4.65. The smallest absolute Gasteiger partial charge is 0.341 e. The SMILES string of the molecule is CN(c1ccccc1)S(=O)(=O)c1ccc(C(=O)NCC#Cc2cccc(C(F)(F)F)c2)cc1. The minimum atomic E-state index is -4.46. The Morgan fingerprint density at radius 1 is 0.970 bits per heavy atom. The molecule has 0 aliphatic carbocycles. The van der Waals surface area contributed by atoms with Crippen LogP contribution in [0.4, 0.5) is 18.9 Å². The Kier molecular flexibility index (Phi) is 7.09. The second-order valence-corrected chi connectivity index (χ2v) is 8.86. The van der Waals surface area contributed by atoms with E-state index in [2.05, 4.69) is 17.2 Å². The van der Waals surface area contributed by atoms with Gasteiger partial charge in [0, 0.05) is 18.2 Å². The maximum Gasteiger partial charge on any atom is 0.416 e. The topological polar surface area (TPSA) is 66.5 Å². The lowest BCUT2D eigenvalue weighted by Crippen LogP contribution is -2.27. The maximum atomic E-state index is 12.8. The van der Waals surface area contributed by atoms with Crippen LogP contribution < -0.4 is 9.62 Å². The fourth-order valence-electron chi connectivity index (χ4n) is 2.86. The Morgan fingerprint density at radius 3 is 2.27 bits per heavy atom. The fourth-order valence-corrected chi connectivity index (χ4v) is 4.05. The van der Waals surface area contributed by atoms with Crippen molar-refractivity contribution in [3.63, 3.8) is 0 Å². The number of anilines is 1. The first-order valence-corrected chi connectivity index (χ1v) is 11.1. The van der Waals surface area contributed by atoms with Gasteiger partial charge in [0.2, 0.25) is 0 Å². The summed E-state index contributed by atoms with van der Waals surface area (Å²) in [5, 5.41) is 2.53. The summed E-state index contributed by atoms with van der Waals surface area (Å²) in [5.74, 6) is 4.68. The fraction of sp³-hybridized carbons (Fsp3) is 0.125. The lowest BCUT2D eigenvalue weighted by atomic mass is 10.1. The zero-order chi connectivity index (χ0) is 24.1. The second kappa shape index (κ2) is 9.79. The van der Waals surface area contributed by atoms with Gasteiger partial charge in [-0.25, -0.2) is 8.42 Å². The number of carbonyl (C=O) groups is 1. The van der Waals surface area contributed by atoms with Gasteiger partial charge in [-0.2, -0.15) is 13.2 Å². The van der Waals surface area contributed by atoms with Crippen molar-refractivity contribution in [3.8, 4) is 11.8 Å². The molecule has 0 saturated heterocycles. The molecule has 0 aromatic heterocycles. The molecule has 0 aliphatic heterocycles. The van der Waals surface area contributed by atoms with Crippen LogP contribution in [0.3, 0.4) is 0 Å². The molecule has 0 bridgehead atoms. The highest BCUT2D eigenvalue weighted by atomic mass is 32.2. The highest BCUT2D eigenvalue weighted by Crippen LogP contribution is 2.29. The van der Waals surface area contributed by atoms with Gasteiger partial charge >= 0.3 is 6.18 Å². The van der Waals surface area contributed by atoms with Gasteiger partial charge in [-0.05, 0) is 54.6 Å². The van der Waals surface area contributed by atoms with Crippen molar-refractivity contribution in [2.45, 2.75) is 11.1 Å². The van der Waals surface area contributed by atoms with E-state index in [0.29, 0.717) is 5.69 Å². The van der Waals surface area contributed by atoms with Crippen LogP contribution in [-0.4, -0.2) is 27.9 Å². The molecule has 1 N–H and O–H groups in total. The first kappa shape index (κ1) is 23.9. The Balaban J connectivity index is 1.63. The molecular weight excluding hydrogens is 453 g/mol. The van der Waals surface area contributed by atoms with Gasteiger partial charge in [-0.1, -0.05) is 36.1 Å². The molecule has 3 aromatic carbocycles. The number of carbonyl (C=O) groups excluding carboxylic acids is 1. The summed E-state index contributed by atoms with van der Waals surface area (Å²) in [4.78, 5) is 12.3. The average Bonchev–Trinajstić information content (AvgIpc) is 2.81. The Labute approximate surface area is 189 Å². The van der Waals surface area contributed by atoms with E-state index in [1.54, 1.807) is 30.3 Å². The van der Waals surface area contributed by atoms with Crippen LogP contribution in [-0.2, 0) is 16.2 Å². The molecule has 33 heavy (non-hydrogen) atoms. The average molecular weight is 472 g/mol. The van der Waals surface area contributed by atoms with Gasteiger partial charge in [-0.3, -0.25) is 9.10 Å². The molecule has 0 saturated carbocycles. The molecule has 0 fully saturated rings. The van der Waals surface area contributed by atoms with Crippen LogP contribution in [0, 0.1) is 11.8 Å². The van der Waals surface area contributed by atoms with Gasteiger partial charge in [0.15, 0.2) is 0 Å². The van der Waals surface area contributed by atoms with Crippen LogP contribution in [0.5, 0.6) is 0 Å². The first-order valence-electron chi connectivity index (χ1n) is 9.67. The van der Waals surface area contributed by atoms with Crippen LogP contribution in [0.25, 0.3) is 0 Å². The Bertz CT molecular complexity index is 1290. The summed E-state index contributed by atoms with van der Waals surface area (Å²) < 4.78 is 64.9. The molecule has 9 heteroatoms. The van der Waals surface area contributed by atoms with E-state index in [4.69, 9.17) is 0 Å². The standard InChI is InChI=1S/C24H19F3N2O3S/c1-29(21-10-3-2-4-11-21)33(31,32)22-14-12-19(13-15-22)23(30)28-16-6-8-18-7-5-9-20(17-18)24(25,26)27/h2-5,7,9-15,17H,16H2,1H3,(H,28,30). The molecular formula is C24H19F3N2O3S. The van der Waals surface area contributed by atoms with E-state index in [-0.39, 0.29) is 22.6 Å². The molecule has 170 valence electrons. The van der Waals surface area contributed by atoms with Crippen LogP contribution >= 0.6 is 0 Å². The minimum absolute atomic E-state index is 0.0229. The number of alkyl halides is 3. The molecule has 0 atom stereocenters. The van der Waals surface area contributed by atoms with Crippen LogP contribution in [0.15, 0.2) is 83.8 Å².